The van der Waals surface area contributed by atoms with Crippen molar-refractivity contribution in [2.24, 2.45) is 5.92 Å². The number of oxazole rings is 1. The number of nitrogens with zero attached hydrogens (tertiary/aromatic N) is 2. The largest absolute Gasteiger partial charge is 0.497 e. The van der Waals surface area contributed by atoms with Gasteiger partial charge >= 0.3 is 0 Å². The summed E-state index contributed by atoms with van der Waals surface area (Å²) in [4.78, 5) is 7.09. The number of aliphatic hydroxyl groups excluding tert-OH is 1. The van der Waals surface area contributed by atoms with Gasteiger partial charge in [-0.2, -0.15) is 0 Å². The number of aromatic nitrogens is 1. The highest BCUT2D eigenvalue weighted by atomic mass is 16.5. The SMILES string of the molecule is COc1ccc(OC)c(-c2nc(CN3CCC(C(C)O)CC3)c(C)o2)c1. The van der Waals surface area contributed by atoms with Gasteiger partial charge in [-0.3, -0.25) is 4.90 Å². The molecule has 6 heteroatoms. The van der Waals surface area contributed by atoms with Crippen molar-refractivity contribution >= 4 is 0 Å². The molecule has 0 radical (unpaired) electrons. The van der Waals surface area contributed by atoms with Gasteiger partial charge in [0, 0.05) is 6.54 Å². The molecule has 1 unspecified atom stereocenters. The average Bonchev–Trinajstić information content (AvgIpc) is 3.02. The van der Waals surface area contributed by atoms with Gasteiger partial charge in [-0.05, 0) is 63.9 Å². The van der Waals surface area contributed by atoms with Gasteiger partial charge in [0.1, 0.15) is 17.3 Å². The zero-order valence-electron chi connectivity index (χ0n) is 16.0. The second-order valence-electron chi connectivity index (χ2n) is 6.94. The number of piperidine rings is 1. The van der Waals surface area contributed by atoms with Crippen molar-refractivity contribution in [1.82, 2.24) is 9.88 Å². The number of aryl methyl sites for hydroxylation is 1. The predicted molar refractivity (Wildman–Crippen MR) is 99.5 cm³/mol. The normalized spacial score (nSPS) is 17.3. The molecule has 1 fully saturated rings. The average molecular weight is 360 g/mol. The molecule has 1 saturated heterocycles. The van der Waals surface area contributed by atoms with Crippen LogP contribution in [0.15, 0.2) is 22.6 Å². The van der Waals surface area contributed by atoms with Crippen molar-refractivity contribution in [2.45, 2.75) is 39.3 Å². The summed E-state index contributed by atoms with van der Waals surface area (Å²) in [5.74, 6) is 3.21. The third-order valence-corrected chi connectivity index (χ3v) is 5.22. The molecule has 2 heterocycles. The molecular weight excluding hydrogens is 332 g/mol. The van der Waals surface area contributed by atoms with Crippen molar-refractivity contribution in [3.05, 3.63) is 29.7 Å². The molecule has 2 aromatic rings. The molecule has 0 amide bonds. The third-order valence-electron chi connectivity index (χ3n) is 5.22. The van der Waals surface area contributed by atoms with Crippen molar-refractivity contribution in [3.8, 4) is 23.0 Å². The smallest absolute Gasteiger partial charge is 0.230 e. The second kappa shape index (κ2) is 8.10. The Balaban J connectivity index is 1.76. The summed E-state index contributed by atoms with van der Waals surface area (Å²) >= 11 is 0. The van der Waals surface area contributed by atoms with Crippen LogP contribution < -0.4 is 9.47 Å². The molecule has 0 aliphatic carbocycles. The number of ether oxygens (including phenoxy) is 2. The van der Waals surface area contributed by atoms with Crippen LogP contribution in [0.3, 0.4) is 0 Å². The van der Waals surface area contributed by atoms with E-state index in [9.17, 15) is 5.11 Å². The van der Waals surface area contributed by atoms with Gasteiger partial charge < -0.3 is 19.0 Å². The fraction of sp³-hybridized carbons (Fsp3) is 0.550. The third kappa shape index (κ3) is 4.02. The molecule has 1 aliphatic rings. The van der Waals surface area contributed by atoms with Crippen molar-refractivity contribution in [3.63, 3.8) is 0 Å². The van der Waals surface area contributed by atoms with Crippen LogP contribution in [0, 0.1) is 12.8 Å². The van der Waals surface area contributed by atoms with E-state index in [2.05, 4.69) is 4.90 Å². The molecule has 0 spiro atoms. The summed E-state index contributed by atoms with van der Waals surface area (Å²) < 4.78 is 16.7. The molecule has 142 valence electrons. The van der Waals surface area contributed by atoms with E-state index < -0.39 is 0 Å². The lowest BCUT2D eigenvalue weighted by atomic mass is 9.92. The molecule has 1 aliphatic heterocycles. The quantitative estimate of drug-likeness (QED) is 0.853. The van der Waals surface area contributed by atoms with Crippen LogP contribution in [0.25, 0.3) is 11.5 Å². The first-order valence-corrected chi connectivity index (χ1v) is 9.11. The van der Waals surface area contributed by atoms with Gasteiger partial charge in [-0.15, -0.1) is 0 Å². The summed E-state index contributed by atoms with van der Waals surface area (Å²) in [5.41, 5.74) is 1.73. The zero-order chi connectivity index (χ0) is 18.7. The molecule has 6 nitrogen and oxygen atoms in total. The van der Waals surface area contributed by atoms with Crippen LogP contribution in [0.5, 0.6) is 11.5 Å². The highest BCUT2D eigenvalue weighted by molar-refractivity contribution is 5.65. The Morgan fingerprint density at radius 2 is 2.00 bits per heavy atom. The summed E-state index contributed by atoms with van der Waals surface area (Å²) in [5, 5.41) is 9.75. The predicted octanol–water partition coefficient (Wildman–Crippen LogP) is 3.26. The minimum absolute atomic E-state index is 0.224. The van der Waals surface area contributed by atoms with Crippen LogP contribution >= 0.6 is 0 Å². The van der Waals surface area contributed by atoms with Gasteiger partial charge in [-0.1, -0.05) is 0 Å². The molecule has 0 bridgehead atoms. The monoisotopic (exact) mass is 360 g/mol. The fourth-order valence-electron chi connectivity index (χ4n) is 3.48. The highest BCUT2D eigenvalue weighted by Crippen LogP contribution is 2.34. The summed E-state index contributed by atoms with van der Waals surface area (Å²) in [6.07, 6.45) is 1.81. The number of hydrogen-bond donors (Lipinski definition) is 1. The van der Waals surface area contributed by atoms with Crippen molar-refractivity contribution in [1.29, 1.82) is 0 Å². The first-order chi connectivity index (χ1) is 12.5. The van der Waals surface area contributed by atoms with Crippen molar-refractivity contribution < 1.29 is 19.0 Å². The molecule has 26 heavy (non-hydrogen) atoms. The number of likely N-dealkylation sites (tertiary alicyclic amines) is 1. The van der Waals surface area contributed by atoms with E-state index in [4.69, 9.17) is 18.9 Å². The minimum Gasteiger partial charge on any atom is -0.497 e. The Labute approximate surface area is 154 Å². The van der Waals surface area contributed by atoms with Crippen molar-refractivity contribution in [2.75, 3.05) is 27.3 Å². The van der Waals surface area contributed by atoms with Crippen LogP contribution in [0.2, 0.25) is 0 Å². The van der Waals surface area contributed by atoms with Crippen LogP contribution in [-0.4, -0.2) is 48.4 Å². The lowest BCUT2D eigenvalue weighted by Crippen LogP contribution is -2.36. The number of benzene rings is 1. The molecule has 3 rings (SSSR count). The molecule has 1 aromatic heterocycles. The summed E-state index contributed by atoms with van der Waals surface area (Å²) in [6, 6.07) is 5.58. The van der Waals surface area contributed by atoms with E-state index in [1.165, 1.54) is 0 Å². The van der Waals surface area contributed by atoms with E-state index in [1.54, 1.807) is 14.2 Å². The molecule has 1 aromatic carbocycles. The highest BCUT2D eigenvalue weighted by Gasteiger charge is 2.24. The van der Waals surface area contributed by atoms with E-state index in [0.29, 0.717) is 17.6 Å². The number of aliphatic hydroxyl groups is 1. The number of rotatable bonds is 6. The van der Waals surface area contributed by atoms with Crippen LogP contribution in [0.4, 0.5) is 0 Å². The number of hydrogen-bond acceptors (Lipinski definition) is 6. The first-order valence-electron chi connectivity index (χ1n) is 9.11. The zero-order valence-corrected chi connectivity index (χ0v) is 16.0. The topological polar surface area (TPSA) is 68.0 Å². The van der Waals surface area contributed by atoms with E-state index >= 15 is 0 Å². The molecule has 1 N–H and O–H groups in total. The van der Waals surface area contributed by atoms with Gasteiger partial charge in [0.15, 0.2) is 0 Å². The lowest BCUT2D eigenvalue weighted by molar-refractivity contribution is 0.0690. The van der Waals surface area contributed by atoms with E-state index in [1.807, 2.05) is 32.0 Å². The fourth-order valence-corrected chi connectivity index (χ4v) is 3.48. The van der Waals surface area contributed by atoms with Gasteiger partial charge in [0.25, 0.3) is 0 Å². The molecule has 1 atom stereocenters. The Morgan fingerprint density at radius 3 is 2.62 bits per heavy atom. The Bertz CT molecular complexity index is 733. The maximum atomic E-state index is 9.75. The van der Waals surface area contributed by atoms with Gasteiger partial charge in [-0.25, -0.2) is 4.98 Å². The van der Waals surface area contributed by atoms with Gasteiger partial charge in [0.05, 0.1) is 31.6 Å². The maximum Gasteiger partial charge on any atom is 0.230 e. The minimum atomic E-state index is -0.224. The maximum absolute atomic E-state index is 9.75. The Hall–Kier alpha value is -2.05. The lowest BCUT2D eigenvalue weighted by Gasteiger charge is -2.32. The van der Waals surface area contributed by atoms with Gasteiger partial charge in [0.2, 0.25) is 5.89 Å². The summed E-state index contributed by atoms with van der Waals surface area (Å²) in [7, 11) is 3.27. The number of methoxy groups -OCH3 is 2. The first kappa shape index (κ1) is 18.7. The van der Waals surface area contributed by atoms with E-state index in [0.717, 1.165) is 55.2 Å². The standard InChI is InChI=1S/C20H28N2O4/c1-13(23)15-7-9-22(10-8-15)12-18-14(2)26-20(21-18)17-11-16(24-3)5-6-19(17)25-4/h5-6,11,13,15,23H,7-10,12H2,1-4H3. The Morgan fingerprint density at radius 1 is 1.27 bits per heavy atom. The molecular formula is C20H28N2O4. The Kier molecular flexibility index (Phi) is 5.84. The summed E-state index contributed by atoms with van der Waals surface area (Å²) in [6.45, 7) is 6.53. The van der Waals surface area contributed by atoms with Crippen LogP contribution in [-0.2, 0) is 6.54 Å². The molecule has 0 saturated carbocycles. The van der Waals surface area contributed by atoms with E-state index in [-0.39, 0.29) is 6.10 Å². The second-order valence-corrected chi connectivity index (χ2v) is 6.94. The van der Waals surface area contributed by atoms with Crippen LogP contribution in [0.1, 0.15) is 31.2 Å².